The van der Waals surface area contributed by atoms with E-state index in [1.807, 2.05) is 18.2 Å². The molecule has 1 unspecified atom stereocenters. The Bertz CT molecular complexity index is 784. The van der Waals surface area contributed by atoms with E-state index in [1.165, 1.54) is 5.56 Å². The summed E-state index contributed by atoms with van der Waals surface area (Å²) in [4.78, 5) is 16.6. The first-order valence-electron chi connectivity index (χ1n) is 8.39. The third-order valence-corrected chi connectivity index (χ3v) is 4.19. The summed E-state index contributed by atoms with van der Waals surface area (Å²) in [5.41, 5.74) is 1.84. The van der Waals surface area contributed by atoms with E-state index in [2.05, 4.69) is 39.6 Å². The van der Waals surface area contributed by atoms with Gasteiger partial charge in [-0.15, -0.1) is 10.2 Å². The Kier molecular flexibility index (Phi) is 5.51. The third-order valence-electron chi connectivity index (χ3n) is 4.19. The number of benzene rings is 1. The van der Waals surface area contributed by atoms with Crippen LogP contribution in [0.3, 0.4) is 0 Å². The molecule has 2 heterocycles. The molecule has 0 radical (unpaired) electrons. The van der Waals surface area contributed by atoms with Crippen molar-refractivity contribution in [3.63, 3.8) is 0 Å². The molecule has 0 aliphatic rings. The lowest BCUT2D eigenvalue weighted by Gasteiger charge is -2.16. The van der Waals surface area contributed by atoms with Crippen molar-refractivity contribution in [2.75, 3.05) is 6.54 Å². The maximum atomic E-state index is 12.3. The Hall–Kier alpha value is -3.02. The zero-order chi connectivity index (χ0) is 17.5. The lowest BCUT2D eigenvalue weighted by molar-refractivity contribution is 0.0946. The molecule has 0 bridgehead atoms. The maximum absolute atomic E-state index is 12.3. The number of carbonyl (C=O) groups excluding carboxylic acids is 1. The smallest absolute Gasteiger partial charge is 0.252 e. The van der Waals surface area contributed by atoms with Gasteiger partial charge < -0.3 is 5.32 Å². The van der Waals surface area contributed by atoms with Crippen LogP contribution < -0.4 is 5.32 Å². The van der Waals surface area contributed by atoms with Gasteiger partial charge >= 0.3 is 0 Å². The molecule has 1 atom stereocenters. The molecular formula is C19H21N5O. The van der Waals surface area contributed by atoms with Crippen LogP contribution in [0, 0.1) is 5.92 Å². The predicted molar refractivity (Wildman–Crippen MR) is 95.4 cm³/mol. The van der Waals surface area contributed by atoms with Crippen LogP contribution in [0.25, 0.3) is 5.82 Å². The highest BCUT2D eigenvalue weighted by Crippen LogP contribution is 2.12. The molecule has 6 nitrogen and oxygen atoms in total. The Balaban J connectivity index is 1.56. The van der Waals surface area contributed by atoms with Crippen molar-refractivity contribution in [1.29, 1.82) is 0 Å². The molecule has 0 fully saturated rings. The molecule has 6 heteroatoms. The number of nitrogens with one attached hydrogen (secondary N) is 1. The minimum atomic E-state index is -0.102. The number of hydrogen-bond donors (Lipinski definition) is 1. The van der Waals surface area contributed by atoms with Gasteiger partial charge in [0.25, 0.3) is 5.91 Å². The summed E-state index contributed by atoms with van der Waals surface area (Å²) < 4.78 is 1.69. The number of carbonyl (C=O) groups is 1. The monoisotopic (exact) mass is 335 g/mol. The van der Waals surface area contributed by atoms with Crippen molar-refractivity contribution in [3.8, 4) is 5.82 Å². The number of aromatic nitrogens is 4. The molecule has 1 amide bonds. The molecule has 0 aliphatic heterocycles. The van der Waals surface area contributed by atoms with Crippen LogP contribution in [0.15, 0.2) is 61.3 Å². The van der Waals surface area contributed by atoms with Gasteiger partial charge in [0.2, 0.25) is 0 Å². The fraction of sp³-hybridized carbons (Fsp3) is 0.263. The van der Waals surface area contributed by atoms with Crippen LogP contribution in [0.1, 0.15) is 29.3 Å². The van der Waals surface area contributed by atoms with E-state index in [0.717, 1.165) is 12.8 Å². The largest absolute Gasteiger partial charge is 0.352 e. The summed E-state index contributed by atoms with van der Waals surface area (Å²) >= 11 is 0. The minimum Gasteiger partial charge on any atom is -0.352 e. The summed E-state index contributed by atoms with van der Waals surface area (Å²) in [5, 5.41) is 10.5. The lowest BCUT2D eigenvalue weighted by atomic mass is 9.97. The van der Waals surface area contributed by atoms with Crippen molar-refractivity contribution >= 4 is 5.91 Å². The van der Waals surface area contributed by atoms with E-state index >= 15 is 0 Å². The van der Waals surface area contributed by atoms with Gasteiger partial charge in [-0.1, -0.05) is 43.7 Å². The molecule has 128 valence electrons. The quantitative estimate of drug-likeness (QED) is 0.720. The molecule has 0 saturated heterocycles. The van der Waals surface area contributed by atoms with Crippen molar-refractivity contribution < 1.29 is 4.79 Å². The zero-order valence-corrected chi connectivity index (χ0v) is 14.2. The van der Waals surface area contributed by atoms with E-state index < -0.39 is 0 Å². The lowest BCUT2D eigenvalue weighted by Crippen LogP contribution is -2.30. The van der Waals surface area contributed by atoms with Crippen LogP contribution in [0.4, 0.5) is 0 Å². The molecule has 25 heavy (non-hydrogen) atoms. The minimum absolute atomic E-state index is 0.102. The van der Waals surface area contributed by atoms with E-state index in [0.29, 0.717) is 23.8 Å². The highest BCUT2D eigenvalue weighted by atomic mass is 16.1. The first-order valence-corrected chi connectivity index (χ1v) is 8.39. The summed E-state index contributed by atoms with van der Waals surface area (Å²) in [7, 11) is 0. The van der Waals surface area contributed by atoms with Gasteiger partial charge in [0.15, 0.2) is 0 Å². The highest BCUT2D eigenvalue weighted by molar-refractivity contribution is 5.93. The molecule has 1 aromatic carbocycles. The third kappa shape index (κ3) is 4.50. The van der Waals surface area contributed by atoms with Gasteiger partial charge in [-0.2, -0.15) is 0 Å². The molecule has 0 spiro atoms. The number of pyridine rings is 1. The molecular weight excluding hydrogens is 314 g/mol. The van der Waals surface area contributed by atoms with Gasteiger partial charge in [0.05, 0.1) is 5.56 Å². The maximum Gasteiger partial charge on any atom is 0.252 e. The highest BCUT2D eigenvalue weighted by Gasteiger charge is 2.11. The number of rotatable bonds is 7. The number of nitrogens with zero attached hydrogens (tertiary/aromatic N) is 4. The molecule has 3 rings (SSSR count). The Morgan fingerprint density at radius 1 is 1.12 bits per heavy atom. The van der Waals surface area contributed by atoms with E-state index in [9.17, 15) is 4.79 Å². The number of hydrogen-bond acceptors (Lipinski definition) is 4. The van der Waals surface area contributed by atoms with Crippen LogP contribution in [-0.2, 0) is 6.42 Å². The molecule has 3 aromatic rings. The zero-order valence-electron chi connectivity index (χ0n) is 14.2. The first-order chi connectivity index (χ1) is 12.3. The number of amides is 1. The van der Waals surface area contributed by atoms with Gasteiger partial charge in [-0.25, -0.2) is 4.98 Å². The van der Waals surface area contributed by atoms with E-state index in [4.69, 9.17) is 0 Å². The molecule has 2 aromatic heterocycles. The average Bonchev–Trinajstić information content (AvgIpc) is 3.20. The van der Waals surface area contributed by atoms with Crippen LogP contribution in [0.2, 0.25) is 0 Å². The van der Waals surface area contributed by atoms with E-state index in [-0.39, 0.29) is 5.91 Å². The van der Waals surface area contributed by atoms with Crippen LogP contribution in [0.5, 0.6) is 0 Å². The van der Waals surface area contributed by atoms with E-state index in [1.54, 1.807) is 35.6 Å². The second-order valence-corrected chi connectivity index (χ2v) is 5.95. The van der Waals surface area contributed by atoms with Crippen molar-refractivity contribution in [2.45, 2.75) is 19.8 Å². The summed E-state index contributed by atoms with van der Waals surface area (Å²) in [6.07, 6.45) is 6.68. The van der Waals surface area contributed by atoms with Gasteiger partial charge in [0.1, 0.15) is 18.5 Å². The van der Waals surface area contributed by atoms with Crippen LogP contribution in [-0.4, -0.2) is 32.2 Å². The summed E-state index contributed by atoms with van der Waals surface area (Å²) in [6.45, 7) is 2.80. The molecule has 1 N–H and O–H groups in total. The molecule has 0 saturated carbocycles. The van der Waals surface area contributed by atoms with Gasteiger partial charge in [-0.05, 0) is 30.0 Å². The van der Waals surface area contributed by atoms with Crippen LogP contribution >= 0.6 is 0 Å². The fourth-order valence-electron chi connectivity index (χ4n) is 2.64. The van der Waals surface area contributed by atoms with Crippen molar-refractivity contribution in [1.82, 2.24) is 25.1 Å². The standard InChI is InChI=1S/C19H21N5O/c1-2-15(10-16-6-4-3-5-7-16)11-21-19(25)17-8-9-18(20-12-17)24-13-22-23-14-24/h3-9,12-15H,2,10-11H2,1H3,(H,21,25). The van der Waals surface area contributed by atoms with Gasteiger partial charge in [0, 0.05) is 12.7 Å². The second-order valence-electron chi connectivity index (χ2n) is 5.95. The Labute approximate surface area is 146 Å². The first kappa shape index (κ1) is 16.8. The topological polar surface area (TPSA) is 72.7 Å². The SMILES string of the molecule is CCC(CNC(=O)c1ccc(-n2cnnc2)nc1)Cc1ccccc1. The molecule has 0 aliphatic carbocycles. The summed E-state index contributed by atoms with van der Waals surface area (Å²) in [6, 6.07) is 13.9. The fourth-order valence-corrected chi connectivity index (χ4v) is 2.64. The Morgan fingerprint density at radius 3 is 2.52 bits per heavy atom. The van der Waals surface area contributed by atoms with Gasteiger partial charge in [-0.3, -0.25) is 9.36 Å². The van der Waals surface area contributed by atoms with Crippen molar-refractivity contribution in [3.05, 3.63) is 72.4 Å². The summed E-state index contributed by atoms with van der Waals surface area (Å²) in [5.74, 6) is 0.988. The average molecular weight is 335 g/mol. The Morgan fingerprint density at radius 2 is 1.88 bits per heavy atom. The second kappa shape index (κ2) is 8.19. The normalized spacial score (nSPS) is 11.9. The van der Waals surface area contributed by atoms with Crippen molar-refractivity contribution in [2.24, 2.45) is 5.92 Å². The predicted octanol–water partition coefficient (Wildman–Crippen LogP) is 2.66.